The van der Waals surface area contributed by atoms with Gasteiger partial charge in [-0.2, -0.15) is 13.2 Å². The van der Waals surface area contributed by atoms with Crippen LogP contribution in [-0.2, 0) is 6.18 Å². The van der Waals surface area contributed by atoms with E-state index < -0.39 is 23.5 Å². The second-order valence-corrected chi connectivity index (χ2v) is 4.08. The van der Waals surface area contributed by atoms with E-state index in [9.17, 15) is 22.4 Å². The van der Waals surface area contributed by atoms with E-state index in [1.807, 2.05) is 0 Å². The fourth-order valence-corrected chi connectivity index (χ4v) is 1.76. The maximum Gasteiger partial charge on any atom is 0.419 e. The summed E-state index contributed by atoms with van der Waals surface area (Å²) in [6, 6.07) is 8.02. The Labute approximate surface area is 111 Å². The quantitative estimate of drug-likeness (QED) is 0.839. The molecule has 0 fully saturated rings. The molecule has 0 spiro atoms. The topological polar surface area (TPSA) is 37.3 Å². The van der Waals surface area contributed by atoms with Crippen LogP contribution in [0.4, 0.5) is 17.6 Å². The predicted octanol–water partition coefficient (Wildman–Crippen LogP) is 4.21. The molecule has 0 aromatic heterocycles. The van der Waals surface area contributed by atoms with E-state index >= 15 is 0 Å². The second-order valence-electron chi connectivity index (χ2n) is 4.08. The van der Waals surface area contributed by atoms with Gasteiger partial charge in [0.15, 0.2) is 0 Å². The Kier molecular flexibility index (Phi) is 3.48. The van der Waals surface area contributed by atoms with Crippen LogP contribution in [0.25, 0.3) is 11.1 Å². The third kappa shape index (κ3) is 2.79. The molecule has 0 aliphatic carbocycles. The molecule has 0 unspecified atom stereocenters. The summed E-state index contributed by atoms with van der Waals surface area (Å²) >= 11 is 0. The standard InChI is InChI=1S/C14H8F4O2/c15-12-7-9(4-5-11(12)14(16,17)18)8-2-1-3-10(6-8)13(19)20/h1-7H,(H,19,20). The van der Waals surface area contributed by atoms with Crippen molar-refractivity contribution in [3.8, 4) is 11.1 Å². The highest BCUT2D eigenvalue weighted by Gasteiger charge is 2.33. The van der Waals surface area contributed by atoms with Crippen molar-refractivity contribution in [3.05, 3.63) is 59.4 Å². The number of benzene rings is 2. The van der Waals surface area contributed by atoms with Gasteiger partial charge in [0.25, 0.3) is 0 Å². The Bertz CT molecular complexity index is 662. The number of rotatable bonds is 2. The average molecular weight is 284 g/mol. The fourth-order valence-electron chi connectivity index (χ4n) is 1.76. The number of hydrogen-bond donors (Lipinski definition) is 1. The lowest BCUT2D eigenvalue weighted by atomic mass is 10.0. The van der Waals surface area contributed by atoms with Crippen LogP contribution in [0.15, 0.2) is 42.5 Å². The lowest BCUT2D eigenvalue weighted by Crippen LogP contribution is -2.07. The van der Waals surface area contributed by atoms with E-state index in [-0.39, 0.29) is 11.1 Å². The van der Waals surface area contributed by atoms with Crippen molar-refractivity contribution in [2.45, 2.75) is 6.18 Å². The monoisotopic (exact) mass is 284 g/mol. The first-order chi connectivity index (χ1) is 9.29. The number of aromatic carboxylic acids is 1. The highest BCUT2D eigenvalue weighted by Crippen LogP contribution is 2.33. The summed E-state index contributed by atoms with van der Waals surface area (Å²) in [5, 5.41) is 8.84. The van der Waals surface area contributed by atoms with Crippen molar-refractivity contribution < 1.29 is 27.5 Å². The zero-order chi connectivity index (χ0) is 14.9. The number of halogens is 4. The van der Waals surface area contributed by atoms with Crippen molar-refractivity contribution in [1.82, 2.24) is 0 Å². The first kappa shape index (κ1) is 14.0. The molecule has 2 nitrogen and oxygen atoms in total. The van der Waals surface area contributed by atoms with E-state index in [1.54, 1.807) is 0 Å². The molecule has 0 aliphatic heterocycles. The summed E-state index contributed by atoms with van der Waals surface area (Å²) < 4.78 is 50.8. The Balaban J connectivity index is 2.47. The largest absolute Gasteiger partial charge is 0.478 e. The molecule has 0 heterocycles. The molecule has 20 heavy (non-hydrogen) atoms. The number of carbonyl (C=O) groups is 1. The number of carboxylic acids is 1. The van der Waals surface area contributed by atoms with E-state index in [1.165, 1.54) is 24.3 Å². The van der Waals surface area contributed by atoms with Crippen LogP contribution in [0.2, 0.25) is 0 Å². The SMILES string of the molecule is O=C(O)c1cccc(-c2ccc(C(F)(F)F)c(F)c2)c1. The van der Waals surface area contributed by atoms with Crippen LogP contribution in [-0.4, -0.2) is 11.1 Å². The molecule has 2 aromatic rings. The molecule has 0 saturated heterocycles. The molecule has 0 aliphatic rings. The van der Waals surface area contributed by atoms with Gasteiger partial charge in [-0.3, -0.25) is 0 Å². The summed E-state index contributed by atoms with van der Waals surface area (Å²) in [7, 11) is 0. The molecule has 0 bridgehead atoms. The van der Waals surface area contributed by atoms with Gasteiger partial charge in [-0.15, -0.1) is 0 Å². The Morgan fingerprint density at radius 2 is 1.65 bits per heavy atom. The van der Waals surface area contributed by atoms with E-state index in [2.05, 4.69) is 0 Å². The molecule has 2 aromatic carbocycles. The summed E-state index contributed by atoms with van der Waals surface area (Å²) in [5.74, 6) is -2.56. The zero-order valence-electron chi connectivity index (χ0n) is 9.91. The summed E-state index contributed by atoms with van der Waals surface area (Å²) in [6.45, 7) is 0. The summed E-state index contributed by atoms with van der Waals surface area (Å²) in [4.78, 5) is 10.8. The van der Waals surface area contributed by atoms with Crippen LogP contribution in [0.3, 0.4) is 0 Å². The first-order valence-corrected chi connectivity index (χ1v) is 5.49. The fraction of sp³-hybridized carbons (Fsp3) is 0.0714. The normalized spacial score (nSPS) is 11.4. The number of hydrogen-bond acceptors (Lipinski definition) is 1. The molecule has 0 atom stereocenters. The molecule has 104 valence electrons. The van der Waals surface area contributed by atoms with Gasteiger partial charge in [0.2, 0.25) is 0 Å². The Hall–Kier alpha value is -2.37. The Morgan fingerprint density at radius 3 is 2.20 bits per heavy atom. The lowest BCUT2D eigenvalue weighted by molar-refractivity contribution is -0.139. The van der Waals surface area contributed by atoms with Crippen LogP contribution in [0.1, 0.15) is 15.9 Å². The minimum Gasteiger partial charge on any atom is -0.478 e. The van der Waals surface area contributed by atoms with Crippen LogP contribution in [0, 0.1) is 5.82 Å². The smallest absolute Gasteiger partial charge is 0.419 e. The van der Waals surface area contributed by atoms with Gasteiger partial charge in [-0.05, 0) is 35.4 Å². The molecule has 0 amide bonds. The molecular formula is C14H8F4O2. The van der Waals surface area contributed by atoms with E-state index in [0.29, 0.717) is 11.6 Å². The maximum atomic E-state index is 13.5. The number of alkyl halides is 3. The van der Waals surface area contributed by atoms with Crippen molar-refractivity contribution in [2.24, 2.45) is 0 Å². The van der Waals surface area contributed by atoms with E-state index in [4.69, 9.17) is 5.11 Å². The molecule has 6 heteroatoms. The third-order valence-corrected chi connectivity index (χ3v) is 2.72. The highest BCUT2D eigenvalue weighted by atomic mass is 19.4. The van der Waals surface area contributed by atoms with Gasteiger partial charge in [0.05, 0.1) is 11.1 Å². The van der Waals surface area contributed by atoms with Crippen molar-refractivity contribution in [1.29, 1.82) is 0 Å². The molecule has 0 radical (unpaired) electrons. The Morgan fingerprint density at radius 1 is 1.00 bits per heavy atom. The number of carboxylic acid groups (broad SMARTS) is 1. The molecule has 2 rings (SSSR count). The van der Waals surface area contributed by atoms with Crippen molar-refractivity contribution >= 4 is 5.97 Å². The minimum absolute atomic E-state index is 0.0252. The van der Waals surface area contributed by atoms with Gasteiger partial charge in [-0.1, -0.05) is 18.2 Å². The molecule has 0 saturated carbocycles. The second kappa shape index (κ2) is 4.96. The average Bonchev–Trinajstić information content (AvgIpc) is 2.37. The van der Waals surface area contributed by atoms with E-state index in [0.717, 1.165) is 12.1 Å². The maximum absolute atomic E-state index is 13.5. The summed E-state index contributed by atoms with van der Waals surface area (Å²) in [5.41, 5.74) is -0.866. The van der Waals surface area contributed by atoms with Crippen molar-refractivity contribution in [3.63, 3.8) is 0 Å². The predicted molar refractivity (Wildman–Crippen MR) is 63.8 cm³/mol. The summed E-state index contributed by atoms with van der Waals surface area (Å²) in [6.07, 6.45) is -4.76. The van der Waals surface area contributed by atoms with Gasteiger partial charge in [-0.25, -0.2) is 9.18 Å². The lowest BCUT2D eigenvalue weighted by Gasteiger charge is -2.09. The third-order valence-electron chi connectivity index (χ3n) is 2.72. The highest BCUT2D eigenvalue weighted by molar-refractivity contribution is 5.89. The van der Waals surface area contributed by atoms with Crippen LogP contribution in [0.5, 0.6) is 0 Å². The van der Waals surface area contributed by atoms with Crippen LogP contribution >= 0.6 is 0 Å². The van der Waals surface area contributed by atoms with Gasteiger partial charge in [0, 0.05) is 0 Å². The van der Waals surface area contributed by atoms with Gasteiger partial charge >= 0.3 is 12.1 Å². The van der Waals surface area contributed by atoms with Gasteiger partial charge < -0.3 is 5.11 Å². The van der Waals surface area contributed by atoms with Crippen LogP contribution < -0.4 is 0 Å². The van der Waals surface area contributed by atoms with Crippen molar-refractivity contribution in [2.75, 3.05) is 0 Å². The minimum atomic E-state index is -4.76. The molecular weight excluding hydrogens is 276 g/mol. The van der Waals surface area contributed by atoms with Gasteiger partial charge in [0.1, 0.15) is 5.82 Å². The zero-order valence-corrected chi connectivity index (χ0v) is 9.91. The first-order valence-electron chi connectivity index (χ1n) is 5.49. The molecule has 1 N–H and O–H groups in total.